The van der Waals surface area contributed by atoms with Crippen LogP contribution in [-0.2, 0) is 11.2 Å². The highest BCUT2D eigenvalue weighted by Crippen LogP contribution is 2.32. The molecule has 0 aliphatic carbocycles. The zero-order chi connectivity index (χ0) is 13.7. The van der Waals surface area contributed by atoms with Crippen LogP contribution in [0.15, 0.2) is 6.07 Å². The molecule has 2 heterocycles. The van der Waals surface area contributed by atoms with Gasteiger partial charge in [0.2, 0.25) is 0 Å². The summed E-state index contributed by atoms with van der Waals surface area (Å²) in [5, 5.41) is 12.6. The van der Waals surface area contributed by atoms with Crippen molar-refractivity contribution in [2.24, 2.45) is 5.41 Å². The summed E-state index contributed by atoms with van der Waals surface area (Å²) in [7, 11) is 0. The van der Waals surface area contributed by atoms with E-state index in [1.54, 1.807) is 0 Å². The average molecular weight is 265 g/mol. The highest BCUT2D eigenvalue weighted by atomic mass is 16.5. The van der Waals surface area contributed by atoms with Gasteiger partial charge in [0.05, 0.1) is 6.61 Å². The largest absolute Gasteiger partial charge is 0.396 e. The van der Waals surface area contributed by atoms with Crippen LogP contribution in [0.3, 0.4) is 0 Å². The molecule has 1 unspecified atom stereocenters. The van der Waals surface area contributed by atoms with E-state index in [2.05, 4.69) is 22.2 Å². The quantitative estimate of drug-likeness (QED) is 0.817. The fourth-order valence-electron chi connectivity index (χ4n) is 2.49. The number of rotatable bonds is 6. The minimum Gasteiger partial charge on any atom is -0.396 e. The monoisotopic (exact) mass is 265 g/mol. The number of nitrogens with one attached hydrogen (secondary N) is 1. The molecule has 1 atom stereocenters. The smallest absolute Gasteiger partial charge is 0.129 e. The Morgan fingerprint density at radius 3 is 2.95 bits per heavy atom. The first kappa shape index (κ1) is 14.2. The van der Waals surface area contributed by atoms with Crippen molar-refractivity contribution < 1.29 is 9.84 Å². The topological polar surface area (TPSA) is 67.3 Å². The molecule has 0 amide bonds. The molecule has 2 N–H and O–H groups in total. The fourth-order valence-corrected chi connectivity index (χ4v) is 2.49. The average Bonchev–Trinajstić information content (AvgIpc) is 2.85. The molecule has 1 aromatic heterocycles. The van der Waals surface area contributed by atoms with Crippen LogP contribution >= 0.6 is 0 Å². The summed E-state index contributed by atoms with van der Waals surface area (Å²) in [4.78, 5) is 8.78. The van der Waals surface area contributed by atoms with Gasteiger partial charge in [-0.15, -0.1) is 0 Å². The molecular weight excluding hydrogens is 242 g/mol. The predicted molar refractivity (Wildman–Crippen MR) is 74.2 cm³/mol. The molecule has 1 aromatic rings. The number of ether oxygens (including phenoxy) is 1. The molecule has 5 heteroatoms. The highest BCUT2D eigenvalue weighted by Gasteiger charge is 2.34. The van der Waals surface area contributed by atoms with E-state index in [1.807, 2.05) is 13.0 Å². The molecule has 1 saturated heterocycles. The third-order valence-electron chi connectivity index (χ3n) is 3.72. The zero-order valence-corrected chi connectivity index (χ0v) is 11.8. The molecule has 1 aliphatic rings. The van der Waals surface area contributed by atoms with Gasteiger partial charge in [0.15, 0.2) is 0 Å². The van der Waals surface area contributed by atoms with Gasteiger partial charge in [0.25, 0.3) is 0 Å². The maximum absolute atomic E-state index is 9.21. The number of aliphatic hydroxyl groups is 1. The summed E-state index contributed by atoms with van der Waals surface area (Å²) in [5.74, 6) is 1.66. The Kier molecular flexibility index (Phi) is 4.71. The minimum atomic E-state index is 0.0416. The van der Waals surface area contributed by atoms with Crippen molar-refractivity contribution in [2.75, 3.05) is 31.7 Å². The first-order valence-electron chi connectivity index (χ1n) is 6.94. The minimum absolute atomic E-state index is 0.0416. The van der Waals surface area contributed by atoms with Crippen molar-refractivity contribution in [2.45, 2.75) is 33.1 Å². The Balaban J connectivity index is 2.02. The first-order valence-corrected chi connectivity index (χ1v) is 6.94. The van der Waals surface area contributed by atoms with E-state index in [4.69, 9.17) is 4.74 Å². The Morgan fingerprint density at radius 2 is 2.32 bits per heavy atom. The maximum Gasteiger partial charge on any atom is 0.129 e. The molecule has 5 nitrogen and oxygen atoms in total. The first-order chi connectivity index (χ1) is 9.17. The van der Waals surface area contributed by atoms with E-state index in [0.717, 1.165) is 49.8 Å². The number of hydrogen-bond acceptors (Lipinski definition) is 5. The maximum atomic E-state index is 9.21. The van der Waals surface area contributed by atoms with Gasteiger partial charge in [-0.1, -0.05) is 6.92 Å². The molecule has 0 bridgehead atoms. The van der Waals surface area contributed by atoms with Gasteiger partial charge in [-0.2, -0.15) is 0 Å². The van der Waals surface area contributed by atoms with Crippen LogP contribution < -0.4 is 5.32 Å². The number of aliphatic hydroxyl groups excluding tert-OH is 1. The van der Waals surface area contributed by atoms with Gasteiger partial charge in [0, 0.05) is 36.9 Å². The Labute approximate surface area is 114 Å². The van der Waals surface area contributed by atoms with E-state index in [9.17, 15) is 5.11 Å². The summed E-state index contributed by atoms with van der Waals surface area (Å²) >= 11 is 0. The van der Waals surface area contributed by atoms with Gasteiger partial charge in [-0.25, -0.2) is 9.97 Å². The lowest BCUT2D eigenvalue weighted by molar-refractivity contribution is 0.133. The molecule has 0 spiro atoms. The number of nitrogens with zero attached hydrogens (tertiary/aromatic N) is 2. The van der Waals surface area contributed by atoms with Gasteiger partial charge in [-0.05, 0) is 26.2 Å². The van der Waals surface area contributed by atoms with E-state index in [-0.39, 0.29) is 12.0 Å². The van der Waals surface area contributed by atoms with Crippen LogP contribution in [0.1, 0.15) is 31.3 Å². The van der Waals surface area contributed by atoms with Crippen LogP contribution in [0.5, 0.6) is 0 Å². The molecule has 0 saturated carbocycles. The van der Waals surface area contributed by atoms with Crippen LogP contribution in [0.2, 0.25) is 0 Å². The van der Waals surface area contributed by atoms with E-state index < -0.39 is 0 Å². The summed E-state index contributed by atoms with van der Waals surface area (Å²) < 4.78 is 5.49. The molecule has 0 aromatic carbocycles. The Morgan fingerprint density at radius 1 is 1.47 bits per heavy atom. The summed E-state index contributed by atoms with van der Waals surface area (Å²) in [5.41, 5.74) is 1.09. The second kappa shape index (κ2) is 6.30. The van der Waals surface area contributed by atoms with E-state index in [0.29, 0.717) is 6.61 Å². The molecule has 1 aliphatic heterocycles. The number of aromatic nitrogens is 2. The zero-order valence-electron chi connectivity index (χ0n) is 11.8. The van der Waals surface area contributed by atoms with E-state index in [1.165, 1.54) is 0 Å². The van der Waals surface area contributed by atoms with E-state index >= 15 is 0 Å². The van der Waals surface area contributed by atoms with Gasteiger partial charge in [-0.3, -0.25) is 0 Å². The van der Waals surface area contributed by atoms with Crippen molar-refractivity contribution >= 4 is 5.82 Å². The Bertz CT molecular complexity index is 417. The van der Waals surface area contributed by atoms with Crippen molar-refractivity contribution in [1.82, 2.24) is 9.97 Å². The number of aryl methyl sites for hydroxylation is 2. The predicted octanol–water partition coefficient (Wildman–Crippen LogP) is 1.55. The molecule has 1 fully saturated rings. The van der Waals surface area contributed by atoms with Crippen LogP contribution in [0.4, 0.5) is 5.82 Å². The molecular formula is C14H23N3O2. The van der Waals surface area contributed by atoms with Gasteiger partial charge >= 0.3 is 0 Å². The third-order valence-corrected chi connectivity index (χ3v) is 3.72. The van der Waals surface area contributed by atoms with Crippen LogP contribution in [0.25, 0.3) is 0 Å². The standard InChI is InChI=1S/C14H23N3O2/c1-3-12-8-13(17-11(2)16-12)15-9-14(4-6-18)5-7-19-10-14/h8,18H,3-7,9-10H2,1-2H3,(H,15,16,17). The third kappa shape index (κ3) is 3.64. The summed E-state index contributed by atoms with van der Waals surface area (Å²) in [6.45, 7) is 6.48. The normalized spacial score (nSPS) is 22.7. The fraction of sp³-hybridized carbons (Fsp3) is 0.714. The van der Waals surface area contributed by atoms with Crippen molar-refractivity contribution in [1.29, 1.82) is 0 Å². The van der Waals surface area contributed by atoms with Crippen molar-refractivity contribution in [3.8, 4) is 0 Å². The number of anilines is 1. The summed E-state index contributed by atoms with van der Waals surface area (Å²) in [6.07, 6.45) is 2.67. The second-order valence-corrected chi connectivity index (χ2v) is 5.28. The number of hydrogen-bond donors (Lipinski definition) is 2. The summed E-state index contributed by atoms with van der Waals surface area (Å²) in [6, 6.07) is 2.00. The van der Waals surface area contributed by atoms with Crippen molar-refractivity contribution in [3.05, 3.63) is 17.6 Å². The van der Waals surface area contributed by atoms with Gasteiger partial charge < -0.3 is 15.2 Å². The van der Waals surface area contributed by atoms with Crippen LogP contribution in [-0.4, -0.2) is 41.4 Å². The molecule has 2 rings (SSSR count). The second-order valence-electron chi connectivity index (χ2n) is 5.28. The Hall–Kier alpha value is -1.20. The lowest BCUT2D eigenvalue weighted by atomic mass is 9.84. The van der Waals surface area contributed by atoms with Crippen LogP contribution in [0, 0.1) is 12.3 Å². The lowest BCUT2D eigenvalue weighted by Gasteiger charge is -2.27. The molecule has 19 heavy (non-hydrogen) atoms. The highest BCUT2D eigenvalue weighted by molar-refractivity contribution is 5.36. The molecule has 106 valence electrons. The van der Waals surface area contributed by atoms with Gasteiger partial charge in [0.1, 0.15) is 11.6 Å². The van der Waals surface area contributed by atoms with Crippen molar-refractivity contribution in [3.63, 3.8) is 0 Å². The molecule has 0 radical (unpaired) electrons. The SMILES string of the molecule is CCc1cc(NCC2(CCO)CCOC2)nc(C)n1. The lowest BCUT2D eigenvalue weighted by Crippen LogP contribution is -2.31.